The largest absolute Gasteiger partial charge is 0.456 e. The van der Waals surface area contributed by atoms with Crippen molar-refractivity contribution in [3.63, 3.8) is 0 Å². The minimum atomic E-state index is 0.130. The third-order valence-corrected chi connectivity index (χ3v) is 16.7. The van der Waals surface area contributed by atoms with Gasteiger partial charge in [0.1, 0.15) is 11.2 Å². The summed E-state index contributed by atoms with van der Waals surface area (Å²) < 4.78 is 6.32. The van der Waals surface area contributed by atoms with Crippen LogP contribution in [-0.4, -0.2) is 0 Å². The SMILES string of the molecule is c1ccc2c(c1)-c1cc(N(c3ccc(-c4cccc5oc6ccccc6c45)cc3)c3ccc4c(c3)C3(c5ccccc5-4)C4CC5CC(C4)C3C5)ccc1C21CCCCC1. The second-order valence-corrected chi connectivity index (χ2v) is 19.1. The molecule has 7 aliphatic rings. The second-order valence-electron chi connectivity index (χ2n) is 19.1. The van der Waals surface area contributed by atoms with Crippen molar-refractivity contribution in [3.05, 3.63) is 174 Å². The first-order valence-electron chi connectivity index (χ1n) is 22.5. The van der Waals surface area contributed by atoms with Crippen molar-refractivity contribution in [1.29, 1.82) is 0 Å². The minimum absolute atomic E-state index is 0.130. The van der Waals surface area contributed by atoms with Crippen LogP contribution >= 0.6 is 0 Å². The molecule has 5 fully saturated rings. The second kappa shape index (κ2) is 11.9. The van der Waals surface area contributed by atoms with E-state index >= 15 is 0 Å². The van der Waals surface area contributed by atoms with Crippen LogP contribution in [0, 0.1) is 23.7 Å². The highest BCUT2D eigenvalue weighted by atomic mass is 16.3. The predicted octanol–water partition coefficient (Wildman–Crippen LogP) is 15.3. The van der Waals surface area contributed by atoms with Crippen molar-refractivity contribution in [1.82, 2.24) is 0 Å². The van der Waals surface area contributed by atoms with Gasteiger partial charge < -0.3 is 9.32 Å². The molecule has 4 bridgehead atoms. The summed E-state index contributed by atoms with van der Waals surface area (Å²) in [6.45, 7) is 0. The Labute approximate surface area is 346 Å². The van der Waals surface area contributed by atoms with E-state index in [1.807, 2.05) is 0 Å². The molecule has 7 aliphatic carbocycles. The normalized spacial score (nSPS) is 24.9. The van der Waals surface area contributed by atoms with Crippen LogP contribution in [0.1, 0.15) is 80.0 Å². The fourth-order valence-electron chi connectivity index (χ4n) is 14.6. The molecular formula is C57H47NO. The highest BCUT2D eigenvalue weighted by molar-refractivity contribution is 6.12. The highest BCUT2D eigenvalue weighted by Crippen LogP contribution is 2.73. The molecule has 2 nitrogen and oxygen atoms in total. The van der Waals surface area contributed by atoms with Gasteiger partial charge in [-0.05, 0) is 166 Å². The average molecular weight is 762 g/mol. The molecule has 5 unspecified atom stereocenters. The molecule has 0 aliphatic heterocycles. The third-order valence-electron chi connectivity index (χ3n) is 16.7. The molecule has 2 spiro atoms. The summed E-state index contributed by atoms with van der Waals surface area (Å²) in [5, 5.41) is 2.35. The summed E-state index contributed by atoms with van der Waals surface area (Å²) in [7, 11) is 0. The highest BCUT2D eigenvalue weighted by Gasteiger charge is 2.66. The van der Waals surface area contributed by atoms with E-state index in [4.69, 9.17) is 4.42 Å². The van der Waals surface area contributed by atoms with E-state index in [9.17, 15) is 0 Å². The van der Waals surface area contributed by atoms with Gasteiger partial charge in [-0.1, -0.05) is 122 Å². The zero-order valence-corrected chi connectivity index (χ0v) is 33.5. The van der Waals surface area contributed by atoms with Crippen LogP contribution < -0.4 is 4.90 Å². The standard InChI is InChI=1S/C57H47NO/c1-8-27-56(28-9-1)48-15-5-2-12-44(48)47-33-40(24-26-49(47)56)58(39-21-19-36(20-22-39)42-14-10-18-54-55(42)46-13-4-7-17-53(46)59-54)41-23-25-45-43-11-3-6-16-50(43)57(52(45)34-41)38-30-35-29-37(32-38)51(57)31-35/h2-7,10-26,33-35,37-38,51H,1,8-9,27-32H2. The van der Waals surface area contributed by atoms with Crippen LogP contribution in [0.25, 0.3) is 55.3 Å². The van der Waals surface area contributed by atoms with Crippen molar-refractivity contribution < 1.29 is 4.42 Å². The lowest BCUT2D eigenvalue weighted by molar-refractivity contribution is 0.191. The van der Waals surface area contributed by atoms with E-state index in [0.29, 0.717) is 0 Å². The van der Waals surface area contributed by atoms with Gasteiger partial charge in [0.25, 0.3) is 0 Å². The van der Waals surface area contributed by atoms with E-state index in [0.717, 1.165) is 34.8 Å². The van der Waals surface area contributed by atoms with Gasteiger partial charge in [0.15, 0.2) is 0 Å². The van der Waals surface area contributed by atoms with E-state index in [2.05, 4.69) is 157 Å². The topological polar surface area (TPSA) is 16.4 Å². The fraction of sp³-hybridized carbons (Fsp3) is 0.263. The predicted molar refractivity (Wildman–Crippen MR) is 242 cm³/mol. The Kier molecular flexibility index (Phi) is 6.65. The Morgan fingerprint density at radius 3 is 2.02 bits per heavy atom. The lowest BCUT2D eigenvalue weighted by Gasteiger charge is -2.44. The van der Waals surface area contributed by atoms with E-state index in [1.165, 1.54) is 119 Å². The van der Waals surface area contributed by atoms with Crippen LogP contribution in [0.5, 0.6) is 0 Å². The number of furan rings is 1. The lowest BCUT2D eigenvalue weighted by Crippen LogP contribution is -2.40. The summed E-state index contributed by atoms with van der Waals surface area (Å²) in [6, 6.07) is 58.2. The zero-order chi connectivity index (χ0) is 38.5. The summed E-state index contributed by atoms with van der Waals surface area (Å²) >= 11 is 0. The van der Waals surface area contributed by atoms with E-state index < -0.39 is 0 Å². The zero-order valence-electron chi connectivity index (χ0n) is 33.5. The van der Waals surface area contributed by atoms with Crippen molar-refractivity contribution >= 4 is 39.0 Å². The van der Waals surface area contributed by atoms with E-state index in [1.54, 1.807) is 22.3 Å². The van der Waals surface area contributed by atoms with Gasteiger partial charge in [0, 0.05) is 38.7 Å². The lowest BCUT2D eigenvalue weighted by atomic mass is 9.59. The molecule has 2 heteroatoms. The Morgan fingerprint density at radius 1 is 0.475 bits per heavy atom. The number of hydrogen-bond donors (Lipinski definition) is 0. The number of hydrogen-bond acceptors (Lipinski definition) is 2. The van der Waals surface area contributed by atoms with Gasteiger partial charge in [0.05, 0.1) is 0 Å². The number of nitrogens with zero attached hydrogens (tertiary/aromatic N) is 1. The number of para-hydroxylation sites is 1. The number of fused-ring (bicyclic) bond motifs is 11. The smallest absolute Gasteiger partial charge is 0.136 e. The molecule has 0 amide bonds. The fourth-order valence-corrected chi connectivity index (χ4v) is 14.6. The van der Waals surface area contributed by atoms with E-state index in [-0.39, 0.29) is 10.8 Å². The average Bonchev–Trinajstić information content (AvgIpc) is 4.03. The molecule has 286 valence electrons. The molecule has 0 N–H and O–H groups in total. The van der Waals surface area contributed by atoms with Crippen LogP contribution in [0.4, 0.5) is 17.1 Å². The van der Waals surface area contributed by atoms with Gasteiger partial charge in [-0.3, -0.25) is 0 Å². The molecule has 5 saturated carbocycles. The third kappa shape index (κ3) is 4.27. The van der Waals surface area contributed by atoms with Crippen LogP contribution in [0.2, 0.25) is 0 Å². The maximum absolute atomic E-state index is 6.32. The Balaban J connectivity index is 0.961. The molecule has 8 aromatic rings. The Hall–Kier alpha value is -5.86. The van der Waals surface area contributed by atoms with Crippen molar-refractivity contribution in [2.24, 2.45) is 23.7 Å². The van der Waals surface area contributed by atoms with Crippen LogP contribution in [0.3, 0.4) is 0 Å². The first-order valence-corrected chi connectivity index (χ1v) is 22.5. The minimum Gasteiger partial charge on any atom is -0.456 e. The molecule has 59 heavy (non-hydrogen) atoms. The molecule has 0 radical (unpaired) electrons. The van der Waals surface area contributed by atoms with Crippen LogP contribution in [0.15, 0.2) is 156 Å². The molecule has 7 aromatic carbocycles. The quantitative estimate of drug-likeness (QED) is 0.178. The molecule has 1 heterocycles. The molecule has 0 saturated heterocycles. The van der Waals surface area contributed by atoms with Gasteiger partial charge in [-0.2, -0.15) is 0 Å². The molecule has 1 aromatic heterocycles. The first kappa shape index (κ1) is 33.0. The summed E-state index contributed by atoms with van der Waals surface area (Å²) in [5.41, 5.74) is 20.4. The summed E-state index contributed by atoms with van der Waals surface area (Å²) in [6.07, 6.45) is 12.1. The molecular weight excluding hydrogens is 715 g/mol. The number of rotatable bonds is 4. The maximum atomic E-state index is 6.32. The Bertz CT molecular complexity index is 3030. The van der Waals surface area contributed by atoms with Gasteiger partial charge >= 0.3 is 0 Å². The van der Waals surface area contributed by atoms with Crippen molar-refractivity contribution in [3.8, 4) is 33.4 Å². The number of benzene rings is 7. The maximum Gasteiger partial charge on any atom is 0.136 e. The van der Waals surface area contributed by atoms with Crippen molar-refractivity contribution in [2.75, 3.05) is 4.90 Å². The first-order chi connectivity index (χ1) is 29.2. The Morgan fingerprint density at radius 2 is 1.15 bits per heavy atom. The van der Waals surface area contributed by atoms with Crippen LogP contribution in [-0.2, 0) is 10.8 Å². The van der Waals surface area contributed by atoms with Gasteiger partial charge in [-0.15, -0.1) is 0 Å². The number of anilines is 3. The van der Waals surface area contributed by atoms with Gasteiger partial charge in [-0.25, -0.2) is 0 Å². The monoisotopic (exact) mass is 761 g/mol. The van der Waals surface area contributed by atoms with Crippen molar-refractivity contribution in [2.45, 2.75) is 68.6 Å². The summed E-state index contributed by atoms with van der Waals surface area (Å²) in [5.74, 6) is 3.28. The molecule has 5 atom stereocenters. The summed E-state index contributed by atoms with van der Waals surface area (Å²) in [4.78, 5) is 2.58. The molecule has 15 rings (SSSR count). The van der Waals surface area contributed by atoms with Gasteiger partial charge in [0.2, 0.25) is 0 Å².